The van der Waals surface area contributed by atoms with Crippen LogP contribution in [0, 0.1) is 0 Å². The van der Waals surface area contributed by atoms with Crippen LogP contribution in [0.25, 0.3) is 0 Å². The normalized spacial score (nSPS) is 13.7. The molecular weight excluding hydrogens is 244 g/mol. The third-order valence-electron chi connectivity index (χ3n) is 2.61. The molecular formula is C14H20N2O3. The van der Waals surface area contributed by atoms with E-state index in [1.807, 2.05) is 6.07 Å². The summed E-state index contributed by atoms with van der Waals surface area (Å²) in [6.45, 7) is 5.10. The van der Waals surface area contributed by atoms with Gasteiger partial charge in [0.2, 0.25) is 0 Å². The predicted molar refractivity (Wildman–Crippen MR) is 72.3 cm³/mol. The van der Waals surface area contributed by atoms with Crippen LogP contribution in [0.4, 0.5) is 0 Å². The first-order valence-electron chi connectivity index (χ1n) is 6.19. The molecule has 0 aliphatic carbocycles. The lowest BCUT2D eigenvalue weighted by Gasteiger charge is -2.24. The number of hydrogen-bond donors (Lipinski definition) is 3. The van der Waals surface area contributed by atoms with Crippen molar-refractivity contribution in [2.45, 2.75) is 32.4 Å². The molecule has 1 aromatic carbocycles. The Bertz CT molecular complexity index is 441. The van der Waals surface area contributed by atoms with Crippen LogP contribution in [-0.4, -0.2) is 29.5 Å². The summed E-state index contributed by atoms with van der Waals surface area (Å²) in [4.78, 5) is 22.9. The van der Waals surface area contributed by atoms with Crippen molar-refractivity contribution in [3.05, 3.63) is 35.9 Å². The molecule has 3 N–H and O–H groups in total. The van der Waals surface area contributed by atoms with Crippen molar-refractivity contribution in [3.63, 3.8) is 0 Å². The van der Waals surface area contributed by atoms with E-state index in [1.165, 1.54) is 0 Å². The van der Waals surface area contributed by atoms with Crippen molar-refractivity contribution in [1.82, 2.24) is 10.6 Å². The summed E-state index contributed by atoms with van der Waals surface area (Å²) in [5.41, 5.74) is -0.533. The first-order chi connectivity index (χ1) is 8.83. The topological polar surface area (TPSA) is 78.4 Å². The van der Waals surface area contributed by atoms with E-state index in [2.05, 4.69) is 10.6 Å². The molecule has 0 radical (unpaired) electrons. The molecule has 0 heterocycles. The van der Waals surface area contributed by atoms with Gasteiger partial charge < -0.3 is 15.7 Å². The van der Waals surface area contributed by atoms with Gasteiger partial charge in [0.25, 0.3) is 0 Å². The Morgan fingerprint density at radius 2 is 1.79 bits per heavy atom. The summed E-state index contributed by atoms with van der Waals surface area (Å²) in [7, 11) is 0. The molecule has 0 saturated carbocycles. The molecule has 0 saturated heterocycles. The van der Waals surface area contributed by atoms with Gasteiger partial charge in [-0.25, -0.2) is 0 Å². The molecule has 0 fully saturated rings. The second-order valence-electron chi connectivity index (χ2n) is 4.95. The third kappa shape index (κ3) is 4.71. The summed E-state index contributed by atoms with van der Waals surface area (Å²) < 4.78 is 0. The van der Waals surface area contributed by atoms with Gasteiger partial charge in [0.15, 0.2) is 0 Å². The van der Waals surface area contributed by atoms with Crippen molar-refractivity contribution in [1.29, 1.82) is 0 Å². The monoisotopic (exact) mass is 264 g/mol. The zero-order valence-corrected chi connectivity index (χ0v) is 11.4. The molecule has 1 rings (SSSR count). The van der Waals surface area contributed by atoms with Crippen LogP contribution < -0.4 is 10.6 Å². The number of benzene rings is 1. The van der Waals surface area contributed by atoms with E-state index < -0.39 is 17.4 Å². The van der Waals surface area contributed by atoms with Crippen molar-refractivity contribution < 1.29 is 14.7 Å². The van der Waals surface area contributed by atoms with Crippen molar-refractivity contribution in [3.8, 4) is 0 Å². The van der Waals surface area contributed by atoms with E-state index >= 15 is 0 Å². The van der Waals surface area contributed by atoms with Crippen LogP contribution in [0.5, 0.6) is 0 Å². The van der Waals surface area contributed by atoms with Gasteiger partial charge in [0.05, 0.1) is 6.54 Å². The molecule has 1 unspecified atom stereocenters. The van der Waals surface area contributed by atoms with Gasteiger partial charge in [-0.15, -0.1) is 0 Å². The van der Waals surface area contributed by atoms with E-state index in [4.69, 9.17) is 0 Å². The van der Waals surface area contributed by atoms with Gasteiger partial charge in [-0.1, -0.05) is 30.3 Å². The maximum absolute atomic E-state index is 11.5. The van der Waals surface area contributed by atoms with Gasteiger partial charge in [0.1, 0.15) is 5.60 Å². The quantitative estimate of drug-likeness (QED) is 0.694. The smallest absolute Gasteiger partial charge is 0.309 e. The lowest BCUT2D eigenvalue weighted by atomic mass is 9.96. The van der Waals surface area contributed by atoms with Crippen LogP contribution in [0.15, 0.2) is 30.3 Å². The van der Waals surface area contributed by atoms with Gasteiger partial charge in [0, 0.05) is 6.04 Å². The molecule has 0 aliphatic heterocycles. The maximum Gasteiger partial charge on any atom is 0.309 e. The standard InChI is InChI=1S/C14H20N2O3/c1-10(2)16-13(18)12(17)15-9-14(3,19)11-7-5-4-6-8-11/h4-8,10,19H,9H2,1-3H3,(H,15,17)(H,16,18). The van der Waals surface area contributed by atoms with E-state index in [0.29, 0.717) is 5.56 Å². The third-order valence-corrected chi connectivity index (χ3v) is 2.61. The highest BCUT2D eigenvalue weighted by Crippen LogP contribution is 2.18. The Balaban J connectivity index is 2.56. The summed E-state index contributed by atoms with van der Waals surface area (Å²) in [5.74, 6) is -1.44. The maximum atomic E-state index is 11.5. The number of carbonyl (C=O) groups excluding carboxylic acids is 2. The molecule has 5 nitrogen and oxygen atoms in total. The highest BCUT2D eigenvalue weighted by molar-refractivity contribution is 6.35. The average molecular weight is 264 g/mol. The Hall–Kier alpha value is -1.88. The summed E-state index contributed by atoms with van der Waals surface area (Å²) >= 11 is 0. The molecule has 0 aromatic heterocycles. The minimum absolute atomic E-state index is 0.0264. The summed E-state index contributed by atoms with van der Waals surface area (Å²) in [5, 5.41) is 15.2. The van der Waals surface area contributed by atoms with Crippen LogP contribution in [0.3, 0.4) is 0 Å². The predicted octanol–water partition coefficient (Wildman–Crippen LogP) is 0.535. The number of carbonyl (C=O) groups is 2. The fourth-order valence-electron chi connectivity index (χ4n) is 1.56. The molecule has 1 aromatic rings. The Labute approximate surface area is 113 Å². The number of hydrogen-bond acceptors (Lipinski definition) is 3. The zero-order valence-electron chi connectivity index (χ0n) is 11.4. The second-order valence-corrected chi connectivity index (χ2v) is 4.95. The highest BCUT2D eigenvalue weighted by Gasteiger charge is 2.25. The molecule has 0 bridgehead atoms. The molecule has 5 heteroatoms. The van der Waals surface area contributed by atoms with E-state index in [-0.39, 0.29) is 12.6 Å². The number of rotatable bonds is 4. The SMILES string of the molecule is CC(C)NC(=O)C(=O)NCC(C)(O)c1ccccc1. The molecule has 1 atom stereocenters. The first-order valence-corrected chi connectivity index (χ1v) is 6.19. The number of amides is 2. The average Bonchev–Trinajstić information content (AvgIpc) is 2.36. The Morgan fingerprint density at radius 3 is 2.32 bits per heavy atom. The van der Waals surface area contributed by atoms with Crippen LogP contribution in [0.2, 0.25) is 0 Å². The lowest BCUT2D eigenvalue weighted by molar-refractivity contribution is -0.140. The zero-order chi connectivity index (χ0) is 14.5. The minimum atomic E-state index is -1.21. The van der Waals surface area contributed by atoms with Crippen molar-refractivity contribution in [2.24, 2.45) is 0 Å². The Morgan fingerprint density at radius 1 is 1.21 bits per heavy atom. The highest BCUT2D eigenvalue weighted by atomic mass is 16.3. The van der Waals surface area contributed by atoms with E-state index in [1.54, 1.807) is 45.0 Å². The van der Waals surface area contributed by atoms with Crippen molar-refractivity contribution in [2.75, 3.05) is 6.54 Å². The minimum Gasteiger partial charge on any atom is -0.384 e. The number of aliphatic hydroxyl groups is 1. The molecule has 0 spiro atoms. The van der Waals surface area contributed by atoms with E-state index in [0.717, 1.165) is 0 Å². The lowest BCUT2D eigenvalue weighted by Crippen LogP contribution is -2.46. The van der Waals surface area contributed by atoms with Gasteiger partial charge >= 0.3 is 11.8 Å². The molecule has 19 heavy (non-hydrogen) atoms. The van der Waals surface area contributed by atoms with Gasteiger partial charge in [-0.2, -0.15) is 0 Å². The van der Waals surface area contributed by atoms with Gasteiger partial charge in [-0.05, 0) is 26.3 Å². The van der Waals surface area contributed by atoms with Crippen LogP contribution in [0.1, 0.15) is 26.3 Å². The molecule has 0 aliphatic rings. The van der Waals surface area contributed by atoms with Crippen molar-refractivity contribution >= 4 is 11.8 Å². The van der Waals surface area contributed by atoms with Crippen LogP contribution in [-0.2, 0) is 15.2 Å². The fourth-order valence-corrected chi connectivity index (χ4v) is 1.56. The first kappa shape index (κ1) is 15.2. The largest absolute Gasteiger partial charge is 0.384 e. The number of nitrogens with one attached hydrogen (secondary N) is 2. The van der Waals surface area contributed by atoms with Crippen LogP contribution >= 0.6 is 0 Å². The Kier molecular flexibility index (Phi) is 5.06. The van der Waals surface area contributed by atoms with Gasteiger partial charge in [-0.3, -0.25) is 9.59 Å². The molecule has 2 amide bonds. The molecule has 104 valence electrons. The van der Waals surface area contributed by atoms with E-state index in [9.17, 15) is 14.7 Å². The summed E-state index contributed by atoms with van der Waals surface area (Å²) in [6, 6.07) is 8.87. The fraction of sp³-hybridized carbons (Fsp3) is 0.429. The second kappa shape index (κ2) is 6.33. The summed E-state index contributed by atoms with van der Waals surface area (Å²) in [6.07, 6.45) is 0.